The summed E-state index contributed by atoms with van der Waals surface area (Å²) >= 11 is 0. The molecule has 0 heterocycles. The first-order valence-electron chi connectivity index (χ1n) is 8.50. The van der Waals surface area contributed by atoms with Crippen molar-refractivity contribution in [2.45, 2.75) is 47.0 Å². The van der Waals surface area contributed by atoms with Gasteiger partial charge in [-0.15, -0.1) is 0 Å². The van der Waals surface area contributed by atoms with Gasteiger partial charge in [0.1, 0.15) is 6.61 Å². The SMILES string of the molecule is CC.CC(=O)OCC1c2ccccc2-c2ccccc21.CCC. The molecule has 0 spiro atoms. The van der Waals surface area contributed by atoms with E-state index in [1.807, 2.05) is 38.1 Å². The molecule has 2 aromatic rings. The van der Waals surface area contributed by atoms with Gasteiger partial charge in [0.15, 0.2) is 0 Å². The summed E-state index contributed by atoms with van der Waals surface area (Å²) in [5, 5.41) is 0. The highest BCUT2D eigenvalue weighted by Crippen LogP contribution is 2.44. The number of ether oxygens (including phenoxy) is 1. The minimum absolute atomic E-state index is 0.168. The number of esters is 1. The molecule has 0 radical (unpaired) electrons. The van der Waals surface area contributed by atoms with Crippen LogP contribution in [0, 0.1) is 0 Å². The molecular formula is C21H28O2. The van der Waals surface area contributed by atoms with Crippen LogP contribution in [-0.2, 0) is 9.53 Å². The smallest absolute Gasteiger partial charge is 0.302 e. The van der Waals surface area contributed by atoms with Gasteiger partial charge in [0, 0.05) is 12.8 Å². The molecule has 0 saturated carbocycles. The molecule has 0 saturated heterocycles. The maximum absolute atomic E-state index is 11.0. The molecule has 1 aliphatic carbocycles. The lowest BCUT2D eigenvalue weighted by molar-refractivity contribution is -0.141. The predicted molar refractivity (Wildman–Crippen MR) is 97.7 cm³/mol. The Bertz CT molecular complexity index is 571. The van der Waals surface area contributed by atoms with Gasteiger partial charge >= 0.3 is 5.97 Å². The Morgan fingerprint density at radius 2 is 1.30 bits per heavy atom. The number of hydrogen-bond donors (Lipinski definition) is 0. The maximum atomic E-state index is 11.0. The van der Waals surface area contributed by atoms with Crippen LogP contribution < -0.4 is 0 Å². The molecule has 2 aromatic carbocycles. The monoisotopic (exact) mass is 312 g/mol. The van der Waals surface area contributed by atoms with Crippen molar-refractivity contribution in [3.05, 3.63) is 59.7 Å². The summed E-state index contributed by atoms with van der Waals surface area (Å²) in [6, 6.07) is 16.6. The van der Waals surface area contributed by atoms with Crippen LogP contribution in [0.4, 0.5) is 0 Å². The van der Waals surface area contributed by atoms with Gasteiger partial charge in [0.25, 0.3) is 0 Å². The van der Waals surface area contributed by atoms with Crippen molar-refractivity contribution in [1.29, 1.82) is 0 Å². The van der Waals surface area contributed by atoms with Gasteiger partial charge in [-0.3, -0.25) is 4.79 Å². The molecule has 0 fully saturated rings. The summed E-state index contributed by atoms with van der Waals surface area (Å²) in [5.41, 5.74) is 5.01. The van der Waals surface area contributed by atoms with E-state index in [0.29, 0.717) is 6.61 Å². The number of carbonyl (C=O) groups excluding carboxylic acids is 1. The van der Waals surface area contributed by atoms with Crippen molar-refractivity contribution in [1.82, 2.24) is 0 Å². The Kier molecular flexibility index (Phi) is 8.10. The summed E-state index contributed by atoms with van der Waals surface area (Å²) in [6.07, 6.45) is 1.25. The first-order valence-corrected chi connectivity index (χ1v) is 8.50. The topological polar surface area (TPSA) is 26.3 Å². The van der Waals surface area contributed by atoms with Crippen LogP contribution in [0.25, 0.3) is 11.1 Å². The lowest BCUT2D eigenvalue weighted by atomic mass is 9.98. The molecule has 0 aromatic heterocycles. The first kappa shape index (κ1) is 19.0. The van der Waals surface area contributed by atoms with Crippen molar-refractivity contribution in [3.63, 3.8) is 0 Å². The van der Waals surface area contributed by atoms with Crippen LogP contribution >= 0.6 is 0 Å². The number of hydrogen-bond acceptors (Lipinski definition) is 2. The van der Waals surface area contributed by atoms with Gasteiger partial charge in [0.05, 0.1) is 0 Å². The normalized spacial score (nSPS) is 11.2. The largest absolute Gasteiger partial charge is 0.465 e. The summed E-state index contributed by atoms with van der Waals surface area (Å²) in [7, 11) is 0. The van der Waals surface area contributed by atoms with Crippen molar-refractivity contribution >= 4 is 5.97 Å². The average molecular weight is 312 g/mol. The van der Waals surface area contributed by atoms with Gasteiger partial charge in [-0.2, -0.15) is 0 Å². The van der Waals surface area contributed by atoms with E-state index in [9.17, 15) is 4.79 Å². The average Bonchev–Trinajstić information content (AvgIpc) is 2.90. The lowest BCUT2D eigenvalue weighted by Gasteiger charge is -2.12. The quantitative estimate of drug-likeness (QED) is 0.655. The van der Waals surface area contributed by atoms with E-state index in [4.69, 9.17) is 4.74 Å². The number of fused-ring (bicyclic) bond motifs is 3. The molecule has 23 heavy (non-hydrogen) atoms. The fourth-order valence-corrected chi connectivity index (χ4v) is 2.64. The summed E-state index contributed by atoms with van der Waals surface area (Å²) in [4.78, 5) is 11.0. The summed E-state index contributed by atoms with van der Waals surface area (Å²) < 4.78 is 5.20. The van der Waals surface area contributed by atoms with Crippen LogP contribution in [0.15, 0.2) is 48.5 Å². The molecule has 1 aliphatic rings. The summed E-state index contributed by atoms with van der Waals surface area (Å²) in [6.45, 7) is 10.1. The third kappa shape index (κ3) is 4.69. The Hall–Kier alpha value is -2.09. The lowest BCUT2D eigenvalue weighted by Crippen LogP contribution is -2.09. The Morgan fingerprint density at radius 3 is 1.70 bits per heavy atom. The third-order valence-electron chi connectivity index (χ3n) is 3.42. The molecule has 124 valence electrons. The number of carbonyl (C=O) groups is 1. The molecule has 2 nitrogen and oxygen atoms in total. The molecule has 0 N–H and O–H groups in total. The standard InChI is InChI=1S/C16H14O2.C3H8.C2H6/c1-11(17)18-10-16-14-8-4-2-6-12(14)13-7-3-5-9-15(13)16;1-3-2;1-2/h2-9,16H,10H2,1H3;3H2,1-2H3;1-2H3. The van der Waals surface area contributed by atoms with Crippen LogP contribution in [0.1, 0.15) is 58.1 Å². The zero-order valence-electron chi connectivity index (χ0n) is 14.9. The Labute approximate surface area is 140 Å². The predicted octanol–water partition coefficient (Wildman–Crippen LogP) is 5.80. The molecule has 0 atom stereocenters. The highest BCUT2D eigenvalue weighted by Gasteiger charge is 2.28. The van der Waals surface area contributed by atoms with E-state index in [1.54, 1.807) is 0 Å². The zero-order valence-corrected chi connectivity index (χ0v) is 14.9. The van der Waals surface area contributed by atoms with Crippen molar-refractivity contribution < 1.29 is 9.53 Å². The van der Waals surface area contributed by atoms with E-state index in [0.717, 1.165) is 0 Å². The maximum Gasteiger partial charge on any atom is 0.302 e. The highest BCUT2D eigenvalue weighted by molar-refractivity contribution is 5.79. The number of rotatable bonds is 2. The van der Waals surface area contributed by atoms with E-state index < -0.39 is 0 Å². The molecule has 0 amide bonds. The number of benzene rings is 2. The van der Waals surface area contributed by atoms with Crippen LogP contribution in [0.3, 0.4) is 0 Å². The second-order valence-electron chi connectivity index (χ2n) is 5.24. The van der Waals surface area contributed by atoms with E-state index in [-0.39, 0.29) is 11.9 Å². The van der Waals surface area contributed by atoms with Crippen LogP contribution in [0.2, 0.25) is 0 Å². The minimum Gasteiger partial charge on any atom is -0.465 e. The van der Waals surface area contributed by atoms with Crippen molar-refractivity contribution in [2.24, 2.45) is 0 Å². The third-order valence-corrected chi connectivity index (χ3v) is 3.42. The molecule has 2 heteroatoms. The van der Waals surface area contributed by atoms with E-state index in [1.165, 1.54) is 35.6 Å². The van der Waals surface area contributed by atoms with Crippen LogP contribution in [0.5, 0.6) is 0 Å². The van der Waals surface area contributed by atoms with Gasteiger partial charge in [0.2, 0.25) is 0 Å². The molecule has 0 aliphatic heterocycles. The van der Waals surface area contributed by atoms with Gasteiger partial charge in [-0.1, -0.05) is 82.6 Å². The molecule has 0 bridgehead atoms. The van der Waals surface area contributed by atoms with Gasteiger partial charge in [-0.05, 0) is 22.3 Å². The minimum atomic E-state index is -0.225. The highest BCUT2D eigenvalue weighted by atomic mass is 16.5. The molecule has 0 unspecified atom stereocenters. The van der Waals surface area contributed by atoms with Crippen molar-refractivity contribution in [3.8, 4) is 11.1 Å². The fraction of sp³-hybridized carbons (Fsp3) is 0.381. The Morgan fingerprint density at radius 1 is 0.913 bits per heavy atom. The van der Waals surface area contributed by atoms with Gasteiger partial charge < -0.3 is 4.74 Å². The fourth-order valence-electron chi connectivity index (χ4n) is 2.64. The second kappa shape index (κ2) is 9.83. The summed E-state index contributed by atoms with van der Waals surface area (Å²) in [5.74, 6) is -0.0573. The van der Waals surface area contributed by atoms with Crippen molar-refractivity contribution in [2.75, 3.05) is 6.61 Å². The van der Waals surface area contributed by atoms with Crippen LogP contribution in [-0.4, -0.2) is 12.6 Å². The van der Waals surface area contributed by atoms with Gasteiger partial charge in [-0.25, -0.2) is 0 Å². The Balaban J connectivity index is 0.000000477. The first-order chi connectivity index (χ1) is 11.2. The van der Waals surface area contributed by atoms with E-state index >= 15 is 0 Å². The van der Waals surface area contributed by atoms with E-state index in [2.05, 4.69) is 38.1 Å². The molecular weight excluding hydrogens is 284 g/mol. The zero-order chi connectivity index (χ0) is 17.2. The molecule has 3 rings (SSSR count). The second-order valence-corrected chi connectivity index (χ2v) is 5.24.